The predicted octanol–water partition coefficient (Wildman–Crippen LogP) is -1.17. The Morgan fingerprint density at radius 3 is 2.67 bits per heavy atom. The Hall–Kier alpha value is -0.210. The van der Waals surface area contributed by atoms with E-state index >= 15 is 0 Å². The lowest BCUT2D eigenvalue weighted by Crippen LogP contribution is -2.42. The van der Waals surface area contributed by atoms with Crippen LogP contribution in [-0.2, 0) is 14.9 Å². The molecule has 0 heterocycles. The van der Waals surface area contributed by atoms with Gasteiger partial charge >= 0.3 is 0 Å². The van der Waals surface area contributed by atoms with Crippen molar-refractivity contribution in [2.75, 3.05) is 26.8 Å². The summed E-state index contributed by atoms with van der Waals surface area (Å²) in [5.41, 5.74) is 0. The molecule has 0 aliphatic heterocycles. The topological polar surface area (TPSA) is 87.7 Å². The molecular weight excluding hydrogens is 220 g/mol. The van der Waals surface area contributed by atoms with Crippen molar-refractivity contribution in [1.82, 2.24) is 9.44 Å². The van der Waals surface area contributed by atoms with Gasteiger partial charge in [0.25, 0.3) is 10.2 Å². The first-order valence-electron chi connectivity index (χ1n) is 4.96. The van der Waals surface area contributed by atoms with Gasteiger partial charge in [-0.25, -0.2) is 0 Å². The van der Waals surface area contributed by atoms with Gasteiger partial charge in [0.1, 0.15) is 0 Å². The fraction of sp³-hybridized carbons (Fsp3) is 1.00. The second-order valence-corrected chi connectivity index (χ2v) is 5.23. The Morgan fingerprint density at radius 2 is 2.13 bits per heavy atom. The molecule has 7 heteroatoms. The first-order chi connectivity index (χ1) is 7.05. The van der Waals surface area contributed by atoms with E-state index in [0.717, 1.165) is 12.8 Å². The van der Waals surface area contributed by atoms with E-state index in [4.69, 9.17) is 4.74 Å². The normalized spacial score (nSPS) is 19.1. The fourth-order valence-electron chi connectivity index (χ4n) is 1.17. The van der Waals surface area contributed by atoms with Gasteiger partial charge in [-0.3, -0.25) is 0 Å². The van der Waals surface area contributed by atoms with Crippen molar-refractivity contribution >= 4 is 10.2 Å². The molecule has 0 radical (unpaired) electrons. The summed E-state index contributed by atoms with van der Waals surface area (Å²) < 4.78 is 31.8. The summed E-state index contributed by atoms with van der Waals surface area (Å²) in [6.07, 6.45) is 1.41. The second-order valence-electron chi connectivity index (χ2n) is 3.64. The van der Waals surface area contributed by atoms with Crippen molar-refractivity contribution in [2.24, 2.45) is 5.92 Å². The average molecular weight is 238 g/mol. The monoisotopic (exact) mass is 238 g/mol. The van der Waals surface area contributed by atoms with Crippen molar-refractivity contribution < 1.29 is 18.3 Å². The minimum Gasteiger partial charge on any atom is -0.391 e. The van der Waals surface area contributed by atoms with Gasteiger partial charge in [0.05, 0.1) is 12.7 Å². The summed E-state index contributed by atoms with van der Waals surface area (Å²) >= 11 is 0. The molecule has 1 rings (SSSR count). The molecule has 0 aromatic carbocycles. The molecule has 3 N–H and O–H groups in total. The Labute approximate surface area is 90.2 Å². The molecule has 0 bridgehead atoms. The van der Waals surface area contributed by atoms with E-state index in [-0.39, 0.29) is 19.0 Å². The number of nitrogens with one attached hydrogen (secondary N) is 2. The molecule has 15 heavy (non-hydrogen) atoms. The molecule has 1 saturated carbocycles. The van der Waals surface area contributed by atoms with Gasteiger partial charge in [-0.1, -0.05) is 0 Å². The summed E-state index contributed by atoms with van der Waals surface area (Å²) in [6, 6.07) is 0. The van der Waals surface area contributed by atoms with Crippen LogP contribution in [0.15, 0.2) is 0 Å². The van der Waals surface area contributed by atoms with Gasteiger partial charge in [0.2, 0.25) is 0 Å². The highest BCUT2D eigenvalue weighted by atomic mass is 32.2. The third-order valence-corrected chi connectivity index (χ3v) is 3.38. The van der Waals surface area contributed by atoms with E-state index in [1.807, 2.05) is 0 Å². The number of hydrogen-bond donors (Lipinski definition) is 3. The molecule has 0 amide bonds. The number of rotatable bonds is 8. The molecule has 1 fully saturated rings. The largest absolute Gasteiger partial charge is 0.391 e. The molecule has 1 aliphatic carbocycles. The minimum absolute atomic E-state index is 0.0764. The van der Waals surface area contributed by atoms with Crippen molar-refractivity contribution in [2.45, 2.75) is 18.9 Å². The summed E-state index contributed by atoms with van der Waals surface area (Å²) in [4.78, 5) is 0. The summed E-state index contributed by atoms with van der Waals surface area (Å²) in [7, 11) is -2.00. The lowest BCUT2D eigenvalue weighted by Gasteiger charge is -2.11. The van der Waals surface area contributed by atoms with Gasteiger partial charge in [0.15, 0.2) is 0 Å². The van der Waals surface area contributed by atoms with E-state index in [9.17, 15) is 13.5 Å². The first kappa shape index (κ1) is 12.9. The maximum absolute atomic E-state index is 11.3. The third-order valence-electron chi connectivity index (χ3n) is 2.25. The van der Waals surface area contributed by atoms with Gasteiger partial charge < -0.3 is 9.84 Å². The molecule has 0 aromatic heterocycles. The maximum Gasteiger partial charge on any atom is 0.277 e. The zero-order chi connectivity index (χ0) is 11.3. The summed E-state index contributed by atoms with van der Waals surface area (Å²) in [5, 5.41) is 9.44. The van der Waals surface area contributed by atoms with Crippen LogP contribution in [0.4, 0.5) is 0 Å². The van der Waals surface area contributed by atoms with E-state index < -0.39 is 16.3 Å². The molecule has 1 aliphatic rings. The van der Waals surface area contributed by atoms with Crippen LogP contribution in [0.2, 0.25) is 0 Å². The highest BCUT2D eigenvalue weighted by Gasteiger charge is 2.30. The number of aliphatic hydroxyl groups is 1. The number of aliphatic hydroxyl groups excluding tert-OH is 1. The molecule has 0 saturated heterocycles. The zero-order valence-electron chi connectivity index (χ0n) is 8.77. The molecule has 6 nitrogen and oxygen atoms in total. The molecule has 1 unspecified atom stereocenters. The Balaban J connectivity index is 2.16. The SMILES string of the molecule is COCCNS(=O)(=O)NCC(O)C1CC1. The number of ether oxygens (including phenoxy) is 1. The Bertz CT molecular complexity index is 276. The van der Waals surface area contributed by atoms with Crippen LogP contribution >= 0.6 is 0 Å². The van der Waals surface area contributed by atoms with Gasteiger partial charge in [-0.2, -0.15) is 17.9 Å². The highest BCUT2D eigenvalue weighted by Crippen LogP contribution is 2.32. The van der Waals surface area contributed by atoms with Gasteiger partial charge in [-0.15, -0.1) is 0 Å². The van der Waals surface area contributed by atoms with Crippen LogP contribution in [-0.4, -0.2) is 46.4 Å². The van der Waals surface area contributed by atoms with Gasteiger partial charge in [0, 0.05) is 20.2 Å². The van der Waals surface area contributed by atoms with Crippen molar-refractivity contribution in [3.63, 3.8) is 0 Å². The van der Waals surface area contributed by atoms with Crippen LogP contribution in [0.1, 0.15) is 12.8 Å². The predicted molar refractivity (Wildman–Crippen MR) is 55.5 cm³/mol. The van der Waals surface area contributed by atoms with Crippen LogP contribution in [0.5, 0.6) is 0 Å². The summed E-state index contributed by atoms with van der Waals surface area (Å²) in [6.45, 7) is 0.629. The average Bonchev–Trinajstić information content (AvgIpc) is 2.98. The quantitative estimate of drug-likeness (QED) is 0.465. The smallest absolute Gasteiger partial charge is 0.277 e. The second kappa shape index (κ2) is 5.76. The molecular formula is C8H18N2O4S. The first-order valence-corrected chi connectivity index (χ1v) is 6.45. The van der Waals surface area contributed by atoms with Crippen molar-refractivity contribution in [1.29, 1.82) is 0 Å². The standard InChI is InChI=1S/C8H18N2O4S/c1-14-5-4-9-15(12,13)10-6-8(11)7-2-3-7/h7-11H,2-6H2,1H3. The van der Waals surface area contributed by atoms with Crippen LogP contribution in [0.3, 0.4) is 0 Å². The molecule has 0 spiro atoms. The number of methoxy groups -OCH3 is 1. The van der Waals surface area contributed by atoms with Crippen LogP contribution < -0.4 is 9.44 Å². The Morgan fingerprint density at radius 1 is 1.47 bits per heavy atom. The third kappa shape index (κ3) is 5.43. The van der Waals surface area contributed by atoms with E-state index in [1.165, 1.54) is 7.11 Å². The molecule has 1 atom stereocenters. The highest BCUT2D eigenvalue weighted by molar-refractivity contribution is 7.87. The van der Waals surface area contributed by atoms with Crippen molar-refractivity contribution in [3.05, 3.63) is 0 Å². The van der Waals surface area contributed by atoms with E-state index in [0.29, 0.717) is 6.61 Å². The Kier molecular flexibility index (Phi) is 4.94. The lowest BCUT2D eigenvalue weighted by atomic mass is 10.2. The fourth-order valence-corrected chi connectivity index (χ4v) is 2.02. The van der Waals surface area contributed by atoms with Crippen LogP contribution in [0.25, 0.3) is 0 Å². The van der Waals surface area contributed by atoms with Crippen LogP contribution in [0, 0.1) is 5.92 Å². The molecule has 90 valence electrons. The van der Waals surface area contributed by atoms with Gasteiger partial charge in [-0.05, 0) is 18.8 Å². The molecule has 0 aromatic rings. The maximum atomic E-state index is 11.3. The van der Waals surface area contributed by atoms with E-state index in [1.54, 1.807) is 0 Å². The minimum atomic E-state index is -3.49. The number of hydrogen-bond acceptors (Lipinski definition) is 4. The van der Waals surface area contributed by atoms with Crippen molar-refractivity contribution in [3.8, 4) is 0 Å². The lowest BCUT2D eigenvalue weighted by molar-refractivity contribution is 0.155. The summed E-state index contributed by atoms with van der Waals surface area (Å²) in [5.74, 6) is 0.270. The van der Waals surface area contributed by atoms with E-state index in [2.05, 4.69) is 9.44 Å². The zero-order valence-corrected chi connectivity index (χ0v) is 9.59.